The van der Waals surface area contributed by atoms with Gasteiger partial charge in [0.25, 0.3) is 0 Å². The maximum absolute atomic E-state index is 13.1. The van der Waals surface area contributed by atoms with Crippen molar-refractivity contribution < 1.29 is 9.59 Å². The first-order chi connectivity index (χ1) is 10.8. The zero-order chi connectivity index (χ0) is 17.1. The summed E-state index contributed by atoms with van der Waals surface area (Å²) in [7, 11) is 0. The molecule has 2 heterocycles. The smallest absolute Gasteiger partial charge is 0.246 e. The molecule has 0 aliphatic carbocycles. The Labute approximate surface area is 150 Å². The molecule has 0 radical (unpaired) electrons. The van der Waals surface area contributed by atoms with Gasteiger partial charge in [-0.05, 0) is 48.3 Å². The van der Waals surface area contributed by atoms with Crippen LogP contribution in [0, 0.1) is 9.62 Å². The van der Waals surface area contributed by atoms with Crippen molar-refractivity contribution >= 4 is 34.4 Å². The second-order valence-electron chi connectivity index (χ2n) is 6.45. The Hall–Kier alpha value is -1.12. The second-order valence-corrected chi connectivity index (χ2v) is 7.61. The first-order valence-corrected chi connectivity index (χ1v) is 9.25. The number of halogens is 1. The lowest BCUT2D eigenvalue weighted by Crippen LogP contribution is -2.52. The summed E-state index contributed by atoms with van der Waals surface area (Å²) in [5, 5.41) is 2.88. The molecule has 1 aliphatic heterocycles. The molecular weight excluding hydrogens is 407 g/mol. The highest BCUT2D eigenvalue weighted by Gasteiger charge is 2.40. The van der Waals surface area contributed by atoms with E-state index in [-0.39, 0.29) is 29.8 Å². The van der Waals surface area contributed by atoms with Crippen molar-refractivity contribution in [1.29, 1.82) is 0 Å². The van der Waals surface area contributed by atoms with Gasteiger partial charge in [-0.2, -0.15) is 0 Å². The number of H-pyrrole nitrogens is 1. The highest BCUT2D eigenvalue weighted by molar-refractivity contribution is 14.1. The first-order valence-electron chi connectivity index (χ1n) is 8.17. The minimum absolute atomic E-state index is 0.0109. The summed E-state index contributed by atoms with van der Waals surface area (Å²) < 4.78 is 0.962. The number of rotatable bonds is 5. The largest absolute Gasteiger partial charge is 0.344 e. The Bertz CT molecular complexity index is 572. The first kappa shape index (κ1) is 18.2. The van der Waals surface area contributed by atoms with E-state index in [0.29, 0.717) is 6.42 Å². The highest BCUT2D eigenvalue weighted by Crippen LogP contribution is 2.35. The number of aromatic amines is 1. The van der Waals surface area contributed by atoms with Gasteiger partial charge >= 0.3 is 0 Å². The minimum Gasteiger partial charge on any atom is -0.344 e. The molecule has 2 amide bonds. The zero-order valence-corrected chi connectivity index (χ0v) is 16.3. The minimum atomic E-state index is -0.487. The van der Waals surface area contributed by atoms with Crippen LogP contribution < -0.4 is 5.32 Å². The normalized spacial score (nSPS) is 22.4. The number of carbonyl (C=O) groups excluding carboxylic acids is 2. The molecule has 0 spiro atoms. The van der Waals surface area contributed by atoms with E-state index in [1.807, 2.05) is 18.7 Å². The predicted molar refractivity (Wildman–Crippen MR) is 96.6 cm³/mol. The maximum Gasteiger partial charge on any atom is 0.246 e. The van der Waals surface area contributed by atoms with Crippen LogP contribution in [0.4, 0.5) is 0 Å². The standard InChI is InChI=1S/C16H25IN4O2/c1-5-13(22)20-14(9(2)3)16(23)21-10(4)6-7-11(21)15-18-8-12(17)19-15/h8-11,14H,5-7H2,1-4H3,(H,18,19)(H,20,22)/t10-,11-,14-/m0/s1. The number of hydrogen-bond donors (Lipinski definition) is 2. The van der Waals surface area contributed by atoms with Crippen molar-refractivity contribution in [2.24, 2.45) is 5.92 Å². The summed E-state index contributed by atoms with van der Waals surface area (Å²) in [5.41, 5.74) is 0. The number of imidazole rings is 1. The summed E-state index contributed by atoms with van der Waals surface area (Å²) in [4.78, 5) is 34.4. The average Bonchev–Trinajstić information content (AvgIpc) is 3.09. The molecule has 1 aromatic heterocycles. The summed E-state index contributed by atoms with van der Waals surface area (Å²) >= 11 is 2.18. The summed E-state index contributed by atoms with van der Waals surface area (Å²) in [6, 6.07) is -0.379. The number of nitrogens with zero attached hydrogens (tertiary/aromatic N) is 2. The fourth-order valence-corrected chi connectivity index (χ4v) is 3.47. The van der Waals surface area contributed by atoms with Gasteiger partial charge in [0.2, 0.25) is 11.8 Å². The van der Waals surface area contributed by atoms with Gasteiger partial charge in [0, 0.05) is 12.5 Å². The lowest BCUT2D eigenvalue weighted by molar-refractivity contribution is -0.140. The van der Waals surface area contributed by atoms with Gasteiger partial charge in [-0.15, -0.1) is 0 Å². The van der Waals surface area contributed by atoms with E-state index in [0.717, 1.165) is 22.4 Å². The van der Waals surface area contributed by atoms with Gasteiger partial charge in [0.05, 0.1) is 15.9 Å². The molecular formula is C16H25IN4O2. The Morgan fingerprint density at radius 3 is 2.70 bits per heavy atom. The molecule has 1 aliphatic rings. The van der Waals surface area contributed by atoms with Crippen LogP contribution in [0.15, 0.2) is 6.20 Å². The van der Waals surface area contributed by atoms with Crippen molar-refractivity contribution in [3.63, 3.8) is 0 Å². The van der Waals surface area contributed by atoms with E-state index in [1.165, 1.54) is 0 Å². The lowest BCUT2D eigenvalue weighted by atomic mass is 10.0. The third-order valence-corrected chi connectivity index (χ3v) is 4.92. The predicted octanol–water partition coefficient (Wildman–Crippen LogP) is 2.62. The molecule has 128 valence electrons. The van der Waals surface area contributed by atoms with Crippen molar-refractivity contribution in [2.45, 2.75) is 65.1 Å². The van der Waals surface area contributed by atoms with Gasteiger partial charge in [-0.1, -0.05) is 20.8 Å². The van der Waals surface area contributed by atoms with Crippen LogP contribution in [-0.2, 0) is 9.59 Å². The van der Waals surface area contributed by atoms with Crippen LogP contribution in [-0.4, -0.2) is 38.8 Å². The van der Waals surface area contributed by atoms with Gasteiger partial charge < -0.3 is 15.2 Å². The van der Waals surface area contributed by atoms with Crippen molar-refractivity contribution in [3.05, 3.63) is 15.7 Å². The molecule has 2 rings (SSSR count). The molecule has 0 bridgehead atoms. The molecule has 2 N–H and O–H groups in total. The van der Waals surface area contributed by atoms with E-state index in [4.69, 9.17) is 0 Å². The molecule has 3 atom stereocenters. The van der Waals surface area contributed by atoms with Gasteiger partial charge in [-0.3, -0.25) is 9.59 Å². The topological polar surface area (TPSA) is 78.1 Å². The van der Waals surface area contributed by atoms with E-state index < -0.39 is 6.04 Å². The third-order valence-electron chi connectivity index (χ3n) is 4.37. The number of carbonyl (C=O) groups is 2. The second kappa shape index (κ2) is 7.63. The molecule has 0 aromatic carbocycles. The van der Waals surface area contributed by atoms with Crippen LogP contribution in [0.2, 0.25) is 0 Å². The van der Waals surface area contributed by atoms with Gasteiger partial charge in [0.1, 0.15) is 11.9 Å². The molecule has 1 fully saturated rings. The number of amides is 2. The van der Waals surface area contributed by atoms with Gasteiger partial charge in [0.15, 0.2) is 0 Å². The molecule has 7 heteroatoms. The van der Waals surface area contributed by atoms with E-state index in [9.17, 15) is 9.59 Å². The fraction of sp³-hybridized carbons (Fsp3) is 0.688. The molecule has 0 unspecified atom stereocenters. The van der Waals surface area contributed by atoms with E-state index >= 15 is 0 Å². The average molecular weight is 432 g/mol. The van der Waals surface area contributed by atoms with E-state index in [2.05, 4.69) is 44.8 Å². The number of hydrogen-bond acceptors (Lipinski definition) is 3. The molecule has 1 aromatic rings. The lowest BCUT2D eigenvalue weighted by Gasteiger charge is -2.33. The van der Waals surface area contributed by atoms with E-state index in [1.54, 1.807) is 13.1 Å². The highest BCUT2D eigenvalue weighted by atomic mass is 127. The Morgan fingerprint density at radius 2 is 2.17 bits per heavy atom. The van der Waals surface area contributed by atoms with Gasteiger partial charge in [-0.25, -0.2) is 4.98 Å². The third kappa shape index (κ3) is 4.05. The molecule has 6 nitrogen and oxygen atoms in total. The Kier molecular flexibility index (Phi) is 6.05. The van der Waals surface area contributed by atoms with Crippen LogP contribution in [0.3, 0.4) is 0 Å². The quantitative estimate of drug-likeness (QED) is 0.703. The Balaban J connectivity index is 2.24. The summed E-state index contributed by atoms with van der Waals surface area (Å²) in [6.07, 6.45) is 4.00. The number of likely N-dealkylation sites (tertiary alicyclic amines) is 1. The number of nitrogens with one attached hydrogen (secondary N) is 2. The monoisotopic (exact) mass is 432 g/mol. The Morgan fingerprint density at radius 1 is 1.48 bits per heavy atom. The van der Waals surface area contributed by atoms with Crippen LogP contribution in [0.1, 0.15) is 58.8 Å². The van der Waals surface area contributed by atoms with Crippen molar-refractivity contribution in [3.8, 4) is 0 Å². The molecule has 23 heavy (non-hydrogen) atoms. The fourth-order valence-electron chi connectivity index (χ4n) is 3.06. The SMILES string of the molecule is CCC(=O)N[C@H](C(=O)N1[C@@H](C)CC[C@H]1c1ncc(I)[nH]1)C(C)C. The molecule has 0 saturated carbocycles. The van der Waals surface area contributed by atoms with Crippen molar-refractivity contribution in [1.82, 2.24) is 20.2 Å². The van der Waals surface area contributed by atoms with Crippen LogP contribution in [0.25, 0.3) is 0 Å². The summed E-state index contributed by atoms with van der Waals surface area (Å²) in [5.74, 6) is 0.774. The zero-order valence-electron chi connectivity index (χ0n) is 14.1. The van der Waals surface area contributed by atoms with Crippen molar-refractivity contribution in [2.75, 3.05) is 0 Å². The van der Waals surface area contributed by atoms with Crippen LogP contribution >= 0.6 is 22.6 Å². The van der Waals surface area contributed by atoms with Crippen LogP contribution in [0.5, 0.6) is 0 Å². The maximum atomic E-state index is 13.1. The molecule has 1 saturated heterocycles. The summed E-state index contributed by atoms with van der Waals surface area (Å²) in [6.45, 7) is 7.78. The number of aromatic nitrogens is 2.